The van der Waals surface area contributed by atoms with Crippen LogP contribution in [0.5, 0.6) is 5.75 Å². The summed E-state index contributed by atoms with van der Waals surface area (Å²) in [4.78, 5) is 40.8. The number of benzene rings is 2. The molecule has 0 aliphatic heterocycles. The highest BCUT2D eigenvalue weighted by molar-refractivity contribution is 6.06. The highest BCUT2D eigenvalue weighted by Gasteiger charge is 2.24. The summed E-state index contributed by atoms with van der Waals surface area (Å²) >= 11 is 0. The minimum Gasteiger partial charge on any atom is -0.495 e. The fourth-order valence-electron chi connectivity index (χ4n) is 3.38. The predicted octanol–water partition coefficient (Wildman–Crippen LogP) is 4.21. The number of nitro benzene ring substituents is 1. The highest BCUT2D eigenvalue weighted by atomic mass is 16.6. The van der Waals surface area contributed by atoms with Gasteiger partial charge in [0.05, 0.1) is 28.8 Å². The molecule has 0 spiro atoms. The second-order valence-electron chi connectivity index (χ2n) is 7.11. The van der Waals surface area contributed by atoms with Crippen molar-refractivity contribution in [2.45, 2.75) is 33.3 Å². The van der Waals surface area contributed by atoms with Gasteiger partial charge in [0.1, 0.15) is 5.75 Å². The van der Waals surface area contributed by atoms with Gasteiger partial charge in [-0.25, -0.2) is 4.79 Å². The Bertz CT molecular complexity index is 1210. The summed E-state index contributed by atoms with van der Waals surface area (Å²) in [6, 6.07) is 11.1. The maximum atomic E-state index is 13.0. The number of hydrogen-bond acceptors (Lipinski definition) is 7. The molecular formula is C23H23N3O6. The molecule has 1 heterocycles. The largest absolute Gasteiger partial charge is 0.495 e. The molecule has 2 aromatic carbocycles. The van der Waals surface area contributed by atoms with Gasteiger partial charge < -0.3 is 14.8 Å². The molecule has 0 aliphatic rings. The minimum atomic E-state index is -1.16. The van der Waals surface area contributed by atoms with Gasteiger partial charge in [0.2, 0.25) is 0 Å². The average molecular weight is 437 g/mol. The number of anilines is 1. The molecule has 1 amide bonds. The minimum absolute atomic E-state index is 0.105. The van der Waals surface area contributed by atoms with Crippen molar-refractivity contribution >= 4 is 34.2 Å². The molecule has 32 heavy (non-hydrogen) atoms. The number of carbonyl (C=O) groups excluding carboxylic acids is 2. The molecule has 9 heteroatoms. The van der Waals surface area contributed by atoms with Gasteiger partial charge in [0, 0.05) is 23.2 Å². The SMILES string of the molecule is CCc1nc2ccccc2c(C(=O)OC(C)C(=O)Nc2cc([N+](=O)[O-])ccc2OC)c1C. The molecule has 1 aromatic heterocycles. The Balaban J connectivity index is 1.85. The molecule has 0 fully saturated rings. The third-order valence-corrected chi connectivity index (χ3v) is 5.08. The van der Waals surface area contributed by atoms with Crippen LogP contribution in [0.2, 0.25) is 0 Å². The number of nitrogens with one attached hydrogen (secondary N) is 1. The third kappa shape index (κ3) is 4.51. The number of ether oxygens (including phenoxy) is 2. The molecule has 166 valence electrons. The third-order valence-electron chi connectivity index (χ3n) is 5.08. The number of hydrogen-bond donors (Lipinski definition) is 1. The van der Waals surface area contributed by atoms with Gasteiger partial charge in [0.15, 0.2) is 6.10 Å². The van der Waals surface area contributed by atoms with Crippen LogP contribution in [0.25, 0.3) is 10.9 Å². The van der Waals surface area contributed by atoms with Gasteiger partial charge >= 0.3 is 5.97 Å². The van der Waals surface area contributed by atoms with Crippen LogP contribution < -0.4 is 10.1 Å². The number of para-hydroxylation sites is 1. The Hall–Kier alpha value is -4.01. The Morgan fingerprint density at radius 2 is 1.94 bits per heavy atom. The summed E-state index contributed by atoms with van der Waals surface area (Å²) in [5, 5.41) is 14.2. The Kier molecular flexibility index (Phi) is 6.67. The molecule has 3 aromatic rings. The molecule has 0 aliphatic carbocycles. The van der Waals surface area contributed by atoms with E-state index in [1.54, 1.807) is 19.1 Å². The normalized spacial score (nSPS) is 11.6. The summed E-state index contributed by atoms with van der Waals surface area (Å²) in [5.74, 6) is -1.06. The van der Waals surface area contributed by atoms with Crippen LogP contribution in [0.3, 0.4) is 0 Å². The van der Waals surface area contributed by atoms with Crippen LogP contribution in [0.4, 0.5) is 11.4 Å². The van der Waals surface area contributed by atoms with Gasteiger partial charge in [-0.1, -0.05) is 25.1 Å². The van der Waals surface area contributed by atoms with Crippen LogP contribution >= 0.6 is 0 Å². The predicted molar refractivity (Wildman–Crippen MR) is 119 cm³/mol. The Morgan fingerprint density at radius 1 is 1.22 bits per heavy atom. The van der Waals surface area contributed by atoms with E-state index in [0.29, 0.717) is 28.5 Å². The number of aromatic nitrogens is 1. The molecule has 0 saturated carbocycles. The molecule has 1 N–H and O–H groups in total. The number of methoxy groups -OCH3 is 1. The number of amides is 1. The van der Waals surface area contributed by atoms with Crippen LogP contribution in [-0.2, 0) is 16.0 Å². The highest BCUT2D eigenvalue weighted by Crippen LogP contribution is 2.29. The van der Waals surface area contributed by atoms with Gasteiger partial charge in [-0.2, -0.15) is 0 Å². The first-order valence-corrected chi connectivity index (χ1v) is 9.99. The quantitative estimate of drug-likeness (QED) is 0.334. The fraction of sp³-hybridized carbons (Fsp3) is 0.261. The Labute approximate surface area is 184 Å². The van der Waals surface area contributed by atoms with E-state index in [1.807, 2.05) is 19.1 Å². The maximum Gasteiger partial charge on any atom is 0.339 e. The second-order valence-corrected chi connectivity index (χ2v) is 7.11. The summed E-state index contributed by atoms with van der Waals surface area (Å²) in [6.07, 6.45) is -0.526. The van der Waals surface area contributed by atoms with Gasteiger partial charge in [-0.05, 0) is 38.0 Å². The van der Waals surface area contributed by atoms with E-state index in [9.17, 15) is 19.7 Å². The van der Waals surface area contributed by atoms with Crippen molar-refractivity contribution in [3.05, 3.63) is 69.4 Å². The lowest BCUT2D eigenvalue weighted by molar-refractivity contribution is -0.384. The van der Waals surface area contributed by atoms with Gasteiger partial charge in [-0.3, -0.25) is 19.9 Å². The monoisotopic (exact) mass is 437 g/mol. The molecule has 0 bridgehead atoms. The number of nitro groups is 1. The second kappa shape index (κ2) is 9.42. The van der Waals surface area contributed by atoms with Crippen molar-refractivity contribution in [2.75, 3.05) is 12.4 Å². The van der Waals surface area contributed by atoms with E-state index >= 15 is 0 Å². The first-order valence-electron chi connectivity index (χ1n) is 9.99. The van der Waals surface area contributed by atoms with E-state index in [2.05, 4.69) is 10.3 Å². The number of nitrogens with zero attached hydrogens (tertiary/aromatic N) is 2. The number of pyridine rings is 1. The first kappa shape index (κ1) is 22.7. The molecule has 9 nitrogen and oxygen atoms in total. The standard InChI is InChI=1S/C23H23N3O6/c1-5-17-13(2)21(16-8-6-7-9-18(16)24-17)23(28)32-14(3)22(27)25-19-12-15(26(29)30)10-11-20(19)31-4/h6-12,14H,5H2,1-4H3,(H,25,27). The average Bonchev–Trinajstić information content (AvgIpc) is 2.78. The molecule has 1 atom stereocenters. The zero-order valence-electron chi connectivity index (χ0n) is 18.2. The number of rotatable bonds is 7. The molecule has 0 saturated heterocycles. The number of carbonyl (C=O) groups is 2. The lowest BCUT2D eigenvalue weighted by atomic mass is 10.0. The van der Waals surface area contributed by atoms with E-state index in [0.717, 1.165) is 5.69 Å². The zero-order valence-corrected chi connectivity index (χ0v) is 18.2. The summed E-state index contributed by atoms with van der Waals surface area (Å²) in [7, 11) is 1.38. The van der Waals surface area contributed by atoms with Crippen molar-refractivity contribution < 1.29 is 24.0 Å². The van der Waals surface area contributed by atoms with Gasteiger partial charge in [0.25, 0.3) is 11.6 Å². The Morgan fingerprint density at radius 3 is 2.59 bits per heavy atom. The maximum absolute atomic E-state index is 13.0. The van der Waals surface area contributed by atoms with Crippen LogP contribution in [0, 0.1) is 17.0 Å². The van der Waals surface area contributed by atoms with Crippen molar-refractivity contribution in [3.8, 4) is 5.75 Å². The summed E-state index contributed by atoms with van der Waals surface area (Å²) in [6.45, 7) is 5.17. The topological polar surface area (TPSA) is 121 Å². The molecule has 3 rings (SSSR count). The van der Waals surface area contributed by atoms with Crippen LogP contribution in [0.15, 0.2) is 42.5 Å². The lowest BCUT2D eigenvalue weighted by Crippen LogP contribution is -2.30. The van der Waals surface area contributed by atoms with Gasteiger partial charge in [-0.15, -0.1) is 0 Å². The lowest BCUT2D eigenvalue weighted by Gasteiger charge is -2.17. The van der Waals surface area contributed by atoms with Crippen molar-refractivity contribution in [2.24, 2.45) is 0 Å². The smallest absolute Gasteiger partial charge is 0.339 e. The fourth-order valence-corrected chi connectivity index (χ4v) is 3.38. The zero-order chi connectivity index (χ0) is 23.4. The number of esters is 1. The number of aryl methyl sites for hydroxylation is 1. The van der Waals surface area contributed by atoms with E-state index in [4.69, 9.17) is 9.47 Å². The van der Waals surface area contributed by atoms with Crippen LogP contribution in [0.1, 0.15) is 35.5 Å². The number of fused-ring (bicyclic) bond motifs is 1. The van der Waals surface area contributed by atoms with Crippen molar-refractivity contribution in [3.63, 3.8) is 0 Å². The molecule has 0 radical (unpaired) electrons. The summed E-state index contributed by atoms with van der Waals surface area (Å²) < 4.78 is 10.6. The first-order chi connectivity index (χ1) is 15.3. The summed E-state index contributed by atoms with van der Waals surface area (Å²) in [5.41, 5.74) is 2.39. The van der Waals surface area contributed by atoms with Crippen molar-refractivity contribution in [1.82, 2.24) is 4.98 Å². The molecule has 1 unspecified atom stereocenters. The molecular weight excluding hydrogens is 414 g/mol. The van der Waals surface area contributed by atoms with E-state index in [1.165, 1.54) is 32.2 Å². The number of non-ortho nitro benzene ring substituents is 1. The van der Waals surface area contributed by atoms with E-state index < -0.39 is 22.9 Å². The van der Waals surface area contributed by atoms with E-state index in [-0.39, 0.29) is 17.1 Å². The van der Waals surface area contributed by atoms with Crippen molar-refractivity contribution in [1.29, 1.82) is 0 Å². The van der Waals surface area contributed by atoms with Crippen LogP contribution in [-0.4, -0.2) is 35.0 Å².